The molecular weight excluding hydrogens is 252 g/mol. The summed E-state index contributed by atoms with van der Waals surface area (Å²) in [4.78, 5) is 16.7. The first kappa shape index (κ1) is 17.4. The van der Waals surface area contributed by atoms with Crippen molar-refractivity contribution in [3.63, 3.8) is 0 Å². The molecule has 1 heterocycles. The van der Waals surface area contributed by atoms with Gasteiger partial charge in [0.2, 0.25) is 5.91 Å². The molecule has 0 aliphatic carbocycles. The van der Waals surface area contributed by atoms with Crippen molar-refractivity contribution in [3.8, 4) is 0 Å². The van der Waals surface area contributed by atoms with Crippen LogP contribution in [0.1, 0.15) is 33.1 Å². The van der Waals surface area contributed by atoms with Gasteiger partial charge in [0.25, 0.3) is 0 Å². The molecule has 3 atom stereocenters. The predicted molar refractivity (Wildman–Crippen MR) is 83.6 cm³/mol. The molecule has 118 valence electrons. The smallest absolute Gasteiger partial charge is 0.222 e. The van der Waals surface area contributed by atoms with Crippen LogP contribution in [0.5, 0.6) is 0 Å². The van der Waals surface area contributed by atoms with Crippen LogP contribution < -0.4 is 11.1 Å². The average molecular weight is 284 g/mol. The molecule has 0 aromatic carbocycles. The van der Waals surface area contributed by atoms with Crippen molar-refractivity contribution in [2.45, 2.75) is 45.2 Å². The molecule has 1 fully saturated rings. The van der Waals surface area contributed by atoms with E-state index in [1.54, 1.807) is 0 Å². The Bertz CT molecular complexity index is 296. The van der Waals surface area contributed by atoms with Gasteiger partial charge in [0.05, 0.1) is 0 Å². The molecule has 1 saturated heterocycles. The quantitative estimate of drug-likeness (QED) is 0.715. The van der Waals surface area contributed by atoms with E-state index in [0.717, 1.165) is 45.4 Å². The van der Waals surface area contributed by atoms with Gasteiger partial charge in [-0.25, -0.2) is 0 Å². The van der Waals surface area contributed by atoms with Crippen LogP contribution in [-0.2, 0) is 4.79 Å². The van der Waals surface area contributed by atoms with Crippen molar-refractivity contribution in [3.05, 3.63) is 0 Å². The maximum Gasteiger partial charge on any atom is 0.222 e. The van der Waals surface area contributed by atoms with E-state index >= 15 is 0 Å². The van der Waals surface area contributed by atoms with Crippen LogP contribution >= 0.6 is 0 Å². The lowest BCUT2D eigenvalue weighted by atomic mass is 10.0. The molecule has 1 amide bonds. The molecule has 0 saturated carbocycles. The Morgan fingerprint density at radius 3 is 2.65 bits per heavy atom. The van der Waals surface area contributed by atoms with Gasteiger partial charge >= 0.3 is 0 Å². The van der Waals surface area contributed by atoms with Crippen molar-refractivity contribution in [1.29, 1.82) is 0 Å². The summed E-state index contributed by atoms with van der Waals surface area (Å²) in [7, 11) is 4.27. The lowest BCUT2D eigenvalue weighted by Crippen LogP contribution is -2.54. The van der Waals surface area contributed by atoms with Crippen LogP contribution in [-0.4, -0.2) is 68.1 Å². The van der Waals surface area contributed by atoms with Crippen molar-refractivity contribution in [1.82, 2.24) is 15.1 Å². The van der Waals surface area contributed by atoms with Crippen LogP contribution in [0.2, 0.25) is 0 Å². The predicted octanol–water partition coefficient (Wildman–Crippen LogP) is 0.502. The number of hydrogen-bond donors (Lipinski definition) is 2. The Hall–Kier alpha value is -0.650. The Balaban J connectivity index is 2.24. The fraction of sp³-hybridized carbons (Fsp3) is 0.933. The fourth-order valence-corrected chi connectivity index (χ4v) is 2.59. The summed E-state index contributed by atoms with van der Waals surface area (Å²) in [5.74, 6) is 0.261. The molecule has 5 nitrogen and oxygen atoms in total. The summed E-state index contributed by atoms with van der Waals surface area (Å²) in [6.45, 7) is 7.97. The third-order valence-corrected chi connectivity index (χ3v) is 4.24. The zero-order valence-electron chi connectivity index (χ0n) is 13.6. The number of nitrogens with two attached hydrogens (primary N) is 1. The van der Waals surface area contributed by atoms with Crippen LogP contribution in [0.4, 0.5) is 0 Å². The number of likely N-dealkylation sites (N-methyl/N-ethyl adjacent to an activating group) is 2. The molecule has 3 N–H and O–H groups in total. The summed E-state index contributed by atoms with van der Waals surface area (Å²) in [5.41, 5.74) is 5.73. The molecule has 5 heteroatoms. The minimum atomic E-state index is 0.0837. The zero-order valence-corrected chi connectivity index (χ0v) is 13.6. The number of carbonyl (C=O) groups is 1. The maximum atomic E-state index is 12.1. The van der Waals surface area contributed by atoms with Gasteiger partial charge in [0, 0.05) is 44.2 Å². The summed E-state index contributed by atoms with van der Waals surface area (Å²) >= 11 is 0. The highest BCUT2D eigenvalue weighted by Crippen LogP contribution is 2.10. The number of rotatable bonds is 7. The van der Waals surface area contributed by atoms with E-state index in [0.29, 0.717) is 6.04 Å². The number of carbonyl (C=O) groups excluding carboxylic acids is 1. The van der Waals surface area contributed by atoms with E-state index in [1.165, 1.54) is 0 Å². The van der Waals surface area contributed by atoms with E-state index in [9.17, 15) is 4.79 Å². The van der Waals surface area contributed by atoms with Gasteiger partial charge in [-0.15, -0.1) is 0 Å². The van der Waals surface area contributed by atoms with Crippen LogP contribution in [0.3, 0.4) is 0 Å². The maximum absolute atomic E-state index is 12.1. The minimum Gasteiger partial charge on any atom is -0.354 e. The monoisotopic (exact) mass is 284 g/mol. The van der Waals surface area contributed by atoms with E-state index in [-0.39, 0.29) is 17.9 Å². The Labute approximate surface area is 123 Å². The van der Waals surface area contributed by atoms with E-state index in [1.807, 2.05) is 13.8 Å². The van der Waals surface area contributed by atoms with Crippen LogP contribution in [0.25, 0.3) is 0 Å². The molecule has 0 aromatic heterocycles. The molecular formula is C15H32N4O. The molecule has 0 radical (unpaired) electrons. The summed E-state index contributed by atoms with van der Waals surface area (Å²) in [6.07, 6.45) is 2.94. The van der Waals surface area contributed by atoms with Crippen LogP contribution in [0.15, 0.2) is 0 Å². The first-order valence-corrected chi connectivity index (χ1v) is 7.82. The third kappa shape index (κ3) is 6.20. The first-order valence-electron chi connectivity index (χ1n) is 7.82. The topological polar surface area (TPSA) is 61.6 Å². The van der Waals surface area contributed by atoms with Gasteiger partial charge in [-0.05, 0) is 33.9 Å². The largest absolute Gasteiger partial charge is 0.354 e. The normalized spacial score (nSPS) is 24.4. The molecule has 1 aliphatic heterocycles. The van der Waals surface area contributed by atoms with Crippen molar-refractivity contribution < 1.29 is 4.79 Å². The molecule has 0 aromatic rings. The molecule has 1 aliphatic rings. The SMILES string of the molecule is CC(N)CCCC(C)C(=O)NCC1CN(C)CCN1C. The lowest BCUT2D eigenvalue weighted by Gasteiger charge is -2.37. The second-order valence-electron chi connectivity index (χ2n) is 6.45. The number of nitrogens with one attached hydrogen (secondary N) is 1. The minimum absolute atomic E-state index is 0.0837. The molecule has 0 spiro atoms. The highest BCUT2D eigenvalue weighted by Gasteiger charge is 2.23. The van der Waals surface area contributed by atoms with E-state index < -0.39 is 0 Å². The molecule has 20 heavy (non-hydrogen) atoms. The highest BCUT2D eigenvalue weighted by molar-refractivity contribution is 5.78. The standard InChI is InChI=1S/C15H32N4O/c1-12(6-5-7-13(2)16)15(20)17-10-14-11-18(3)8-9-19(14)4/h12-14H,5-11,16H2,1-4H3,(H,17,20). The Kier molecular flexibility index (Phi) is 7.48. The average Bonchev–Trinajstić information content (AvgIpc) is 2.38. The van der Waals surface area contributed by atoms with Crippen molar-refractivity contribution in [2.24, 2.45) is 11.7 Å². The second-order valence-corrected chi connectivity index (χ2v) is 6.45. The van der Waals surface area contributed by atoms with Crippen molar-refractivity contribution in [2.75, 3.05) is 40.3 Å². The van der Waals surface area contributed by atoms with E-state index in [4.69, 9.17) is 5.73 Å². The van der Waals surface area contributed by atoms with Crippen molar-refractivity contribution >= 4 is 5.91 Å². The summed E-state index contributed by atoms with van der Waals surface area (Å²) in [5, 5.41) is 3.10. The Morgan fingerprint density at radius 2 is 2.00 bits per heavy atom. The van der Waals surface area contributed by atoms with Gasteiger partial charge in [0.15, 0.2) is 0 Å². The first-order chi connectivity index (χ1) is 9.40. The fourth-order valence-electron chi connectivity index (χ4n) is 2.59. The second kappa shape index (κ2) is 8.60. The summed E-state index contributed by atoms with van der Waals surface area (Å²) in [6, 6.07) is 0.658. The van der Waals surface area contributed by atoms with Gasteiger partial charge in [0.1, 0.15) is 0 Å². The van der Waals surface area contributed by atoms with E-state index in [2.05, 4.69) is 29.2 Å². The van der Waals surface area contributed by atoms with Gasteiger partial charge in [-0.1, -0.05) is 13.3 Å². The van der Waals surface area contributed by atoms with Gasteiger partial charge in [-0.3, -0.25) is 9.69 Å². The van der Waals surface area contributed by atoms with Crippen LogP contribution in [0, 0.1) is 5.92 Å². The highest BCUT2D eigenvalue weighted by atomic mass is 16.1. The molecule has 0 bridgehead atoms. The number of hydrogen-bond acceptors (Lipinski definition) is 4. The van der Waals surface area contributed by atoms with Gasteiger partial charge in [-0.2, -0.15) is 0 Å². The summed E-state index contributed by atoms with van der Waals surface area (Å²) < 4.78 is 0. The number of nitrogens with zero attached hydrogens (tertiary/aromatic N) is 2. The molecule has 1 rings (SSSR count). The number of piperazine rings is 1. The van der Waals surface area contributed by atoms with Gasteiger partial charge < -0.3 is 16.0 Å². The third-order valence-electron chi connectivity index (χ3n) is 4.24. The zero-order chi connectivity index (χ0) is 15.1. The Morgan fingerprint density at radius 1 is 1.30 bits per heavy atom. The number of amides is 1. The molecule has 3 unspecified atom stereocenters. The lowest BCUT2D eigenvalue weighted by molar-refractivity contribution is -0.125.